The van der Waals surface area contributed by atoms with Gasteiger partial charge < -0.3 is 10.2 Å². The van der Waals surface area contributed by atoms with E-state index in [1.807, 2.05) is 0 Å². The highest BCUT2D eigenvalue weighted by molar-refractivity contribution is 5.93. The Morgan fingerprint density at radius 1 is 1.06 bits per heavy atom. The highest BCUT2D eigenvalue weighted by Crippen LogP contribution is 2.21. The van der Waals surface area contributed by atoms with E-state index in [1.54, 1.807) is 0 Å². The Kier molecular flexibility index (Phi) is 6.94. The third-order valence-corrected chi connectivity index (χ3v) is 2.63. The van der Waals surface area contributed by atoms with Crippen LogP contribution in [0.15, 0.2) is 24.3 Å². The first-order chi connectivity index (χ1) is 7.90. The molecule has 0 saturated carbocycles. The summed E-state index contributed by atoms with van der Waals surface area (Å²) >= 11 is 0. The summed E-state index contributed by atoms with van der Waals surface area (Å²) in [6.45, 7) is 9.61. The number of hydrogen-bond acceptors (Lipinski definition) is 2. The van der Waals surface area contributed by atoms with Crippen LogP contribution in [0.2, 0.25) is 0 Å². The second kappa shape index (κ2) is 7.65. The first-order valence-corrected chi connectivity index (χ1v) is 5.71. The van der Waals surface area contributed by atoms with Gasteiger partial charge in [0.25, 0.3) is 0 Å². The maximum Gasteiger partial charge on any atom is 0.318 e. The van der Waals surface area contributed by atoms with Gasteiger partial charge in [-0.2, -0.15) is 0 Å². The molecule has 0 aromatic carbocycles. The SMILES string of the molecule is C=C(CCCCC)C(=C)CC(C(=O)O)C(=O)O. The molecule has 96 valence electrons. The molecule has 17 heavy (non-hydrogen) atoms. The average molecular weight is 240 g/mol. The molecule has 0 aromatic heterocycles. The van der Waals surface area contributed by atoms with Gasteiger partial charge in [-0.1, -0.05) is 44.1 Å². The van der Waals surface area contributed by atoms with Gasteiger partial charge in [0.05, 0.1) is 0 Å². The van der Waals surface area contributed by atoms with Crippen molar-refractivity contribution in [1.29, 1.82) is 0 Å². The molecule has 0 spiro atoms. The molecule has 0 atom stereocenters. The Morgan fingerprint density at radius 3 is 2.00 bits per heavy atom. The van der Waals surface area contributed by atoms with Crippen LogP contribution in [0.5, 0.6) is 0 Å². The number of hydrogen-bond donors (Lipinski definition) is 2. The summed E-state index contributed by atoms with van der Waals surface area (Å²) in [4.78, 5) is 21.4. The zero-order chi connectivity index (χ0) is 13.4. The van der Waals surface area contributed by atoms with E-state index in [0.717, 1.165) is 31.3 Å². The molecule has 2 N–H and O–H groups in total. The number of carbonyl (C=O) groups is 2. The number of rotatable bonds is 9. The molecule has 0 amide bonds. The van der Waals surface area contributed by atoms with E-state index in [1.165, 1.54) is 0 Å². The zero-order valence-electron chi connectivity index (χ0n) is 10.2. The molecule has 0 aliphatic heterocycles. The summed E-state index contributed by atoms with van der Waals surface area (Å²) in [7, 11) is 0. The Morgan fingerprint density at radius 2 is 1.59 bits per heavy atom. The second-order valence-corrected chi connectivity index (χ2v) is 4.10. The fraction of sp³-hybridized carbons (Fsp3) is 0.538. The fourth-order valence-electron chi connectivity index (χ4n) is 1.44. The van der Waals surface area contributed by atoms with Crippen LogP contribution in [0.25, 0.3) is 0 Å². The largest absolute Gasteiger partial charge is 0.481 e. The summed E-state index contributed by atoms with van der Waals surface area (Å²) in [5.41, 5.74) is 1.28. The molecular weight excluding hydrogens is 220 g/mol. The molecule has 0 aromatic rings. The van der Waals surface area contributed by atoms with Crippen molar-refractivity contribution < 1.29 is 19.8 Å². The standard InChI is InChI=1S/C13H20O4/c1-4-5-6-7-9(2)10(3)8-11(12(14)15)13(16)17/h11H,2-8H2,1H3,(H,14,15)(H,16,17). The first-order valence-electron chi connectivity index (χ1n) is 5.71. The van der Waals surface area contributed by atoms with Crippen LogP contribution < -0.4 is 0 Å². The lowest BCUT2D eigenvalue weighted by Gasteiger charge is -2.12. The van der Waals surface area contributed by atoms with Crippen LogP contribution in [-0.2, 0) is 9.59 Å². The third-order valence-electron chi connectivity index (χ3n) is 2.63. The van der Waals surface area contributed by atoms with E-state index in [9.17, 15) is 9.59 Å². The van der Waals surface area contributed by atoms with Crippen molar-refractivity contribution in [3.63, 3.8) is 0 Å². The molecule has 0 aliphatic rings. The molecule has 4 heteroatoms. The molecule has 0 fully saturated rings. The number of allylic oxidation sites excluding steroid dienone is 2. The molecule has 0 aliphatic carbocycles. The van der Waals surface area contributed by atoms with E-state index in [4.69, 9.17) is 10.2 Å². The van der Waals surface area contributed by atoms with Gasteiger partial charge in [0, 0.05) is 0 Å². The minimum Gasteiger partial charge on any atom is -0.481 e. The van der Waals surface area contributed by atoms with Crippen molar-refractivity contribution >= 4 is 11.9 Å². The Hall–Kier alpha value is -1.58. The number of unbranched alkanes of at least 4 members (excludes halogenated alkanes) is 2. The van der Waals surface area contributed by atoms with Crippen molar-refractivity contribution in [3.05, 3.63) is 24.3 Å². The molecule has 0 radical (unpaired) electrons. The van der Waals surface area contributed by atoms with Crippen molar-refractivity contribution in [2.75, 3.05) is 0 Å². The van der Waals surface area contributed by atoms with Crippen molar-refractivity contribution in [2.24, 2.45) is 5.92 Å². The second-order valence-electron chi connectivity index (χ2n) is 4.10. The molecule has 0 heterocycles. The number of aliphatic carboxylic acids is 2. The molecule has 0 unspecified atom stereocenters. The molecule has 4 nitrogen and oxygen atoms in total. The Balaban J connectivity index is 4.27. The van der Waals surface area contributed by atoms with Crippen LogP contribution in [-0.4, -0.2) is 22.2 Å². The Bertz CT molecular complexity index is 303. The lowest BCUT2D eigenvalue weighted by Crippen LogP contribution is -2.23. The van der Waals surface area contributed by atoms with E-state index in [2.05, 4.69) is 20.1 Å². The fourth-order valence-corrected chi connectivity index (χ4v) is 1.44. The summed E-state index contributed by atoms with van der Waals surface area (Å²) < 4.78 is 0. The first kappa shape index (κ1) is 15.4. The average Bonchev–Trinajstić information content (AvgIpc) is 2.24. The summed E-state index contributed by atoms with van der Waals surface area (Å²) in [6, 6.07) is 0. The summed E-state index contributed by atoms with van der Waals surface area (Å²) in [5, 5.41) is 17.5. The predicted molar refractivity (Wildman–Crippen MR) is 65.8 cm³/mol. The van der Waals surface area contributed by atoms with Crippen molar-refractivity contribution in [3.8, 4) is 0 Å². The van der Waals surface area contributed by atoms with Crippen molar-refractivity contribution in [1.82, 2.24) is 0 Å². The van der Waals surface area contributed by atoms with Crippen LogP contribution in [0.3, 0.4) is 0 Å². The predicted octanol–water partition coefficient (Wildman–Crippen LogP) is 2.85. The summed E-state index contributed by atoms with van der Waals surface area (Å²) in [6.07, 6.45) is 3.81. The lowest BCUT2D eigenvalue weighted by molar-refractivity contribution is -0.154. The van der Waals surface area contributed by atoms with Gasteiger partial charge >= 0.3 is 11.9 Å². The third kappa shape index (κ3) is 5.90. The van der Waals surface area contributed by atoms with E-state index >= 15 is 0 Å². The molecule has 0 bridgehead atoms. The number of carboxylic acids is 2. The van der Waals surface area contributed by atoms with Gasteiger partial charge in [0.15, 0.2) is 5.92 Å². The van der Waals surface area contributed by atoms with Crippen LogP contribution in [0, 0.1) is 5.92 Å². The normalized spacial score (nSPS) is 10.2. The molecule has 0 saturated heterocycles. The highest BCUT2D eigenvalue weighted by atomic mass is 16.4. The Labute approximate surface area is 102 Å². The maximum atomic E-state index is 10.7. The maximum absolute atomic E-state index is 10.7. The van der Waals surface area contributed by atoms with E-state index in [-0.39, 0.29) is 6.42 Å². The monoisotopic (exact) mass is 240 g/mol. The minimum atomic E-state index is -1.43. The molecular formula is C13H20O4. The highest BCUT2D eigenvalue weighted by Gasteiger charge is 2.26. The van der Waals surface area contributed by atoms with Gasteiger partial charge in [-0.25, -0.2) is 0 Å². The van der Waals surface area contributed by atoms with Crippen LogP contribution in [0.4, 0.5) is 0 Å². The number of carboxylic acid groups (broad SMARTS) is 2. The quantitative estimate of drug-likeness (QED) is 0.369. The van der Waals surface area contributed by atoms with Gasteiger partial charge in [0.1, 0.15) is 0 Å². The summed E-state index contributed by atoms with van der Waals surface area (Å²) in [5.74, 6) is -4.09. The lowest BCUT2D eigenvalue weighted by atomic mass is 9.93. The van der Waals surface area contributed by atoms with Gasteiger partial charge in [0.2, 0.25) is 0 Å². The van der Waals surface area contributed by atoms with Gasteiger partial charge in [-0.15, -0.1) is 0 Å². The van der Waals surface area contributed by atoms with Gasteiger partial charge in [-0.05, 0) is 19.3 Å². The van der Waals surface area contributed by atoms with E-state index < -0.39 is 17.9 Å². The topological polar surface area (TPSA) is 74.6 Å². The van der Waals surface area contributed by atoms with Crippen molar-refractivity contribution in [2.45, 2.75) is 39.0 Å². The van der Waals surface area contributed by atoms with Gasteiger partial charge in [-0.3, -0.25) is 9.59 Å². The van der Waals surface area contributed by atoms with E-state index in [0.29, 0.717) is 5.57 Å². The zero-order valence-corrected chi connectivity index (χ0v) is 10.2. The molecule has 0 rings (SSSR count). The minimum absolute atomic E-state index is 0.0738. The van der Waals surface area contributed by atoms with Crippen LogP contribution >= 0.6 is 0 Å². The smallest absolute Gasteiger partial charge is 0.318 e. The van der Waals surface area contributed by atoms with Crippen LogP contribution in [0.1, 0.15) is 39.0 Å².